The molecule has 1 aliphatic carbocycles. The molecule has 0 bridgehead atoms. The van der Waals surface area contributed by atoms with Crippen LogP contribution in [0.5, 0.6) is 46.0 Å². The summed E-state index contributed by atoms with van der Waals surface area (Å²) in [5, 5.41) is 82.4. The maximum Gasteiger partial charge on any atom is 0.189 e. The van der Waals surface area contributed by atoms with E-state index in [-0.39, 0.29) is 56.8 Å². The number of Topliss-reactive ketones (excluding diaryl/α,β-unsaturated/α-hetero) is 1. The summed E-state index contributed by atoms with van der Waals surface area (Å²) in [6.07, 6.45) is 4.45. The van der Waals surface area contributed by atoms with Gasteiger partial charge in [-0.3, -0.25) is 9.59 Å². The van der Waals surface area contributed by atoms with E-state index in [4.69, 9.17) is 0 Å². The first kappa shape index (κ1) is 30.6. The van der Waals surface area contributed by atoms with E-state index in [0.717, 1.165) is 35.9 Å². The predicted octanol–water partition coefficient (Wildman–Crippen LogP) is 5.94. The Balaban J connectivity index is 1.63. The number of carbonyl (C=O) groups is 2. The molecule has 230 valence electrons. The first-order valence-corrected chi connectivity index (χ1v) is 13.9. The smallest absolute Gasteiger partial charge is 0.189 e. The van der Waals surface area contributed by atoms with Crippen molar-refractivity contribution < 1.29 is 50.4 Å². The molecule has 3 unspecified atom stereocenters. The highest BCUT2D eigenvalue weighted by molar-refractivity contribution is 6.08. The molecule has 10 nitrogen and oxygen atoms in total. The number of allylic oxidation sites excluding steroid dienone is 3. The van der Waals surface area contributed by atoms with Gasteiger partial charge in [0.15, 0.2) is 11.6 Å². The summed E-state index contributed by atoms with van der Waals surface area (Å²) in [6.45, 7) is 1.82. The Morgan fingerprint density at radius 1 is 0.644 bits per heavy atom. The Morgan fingerprint density at radius 3 is 1.80 bits per heavy atom. The monoisotopic (exact) mass is 610 g/mol. The molecule has 0 aliphatic heterocycles. The highest BCUT2D eigenvalue weighted by Gasteiger charge is 2.42. The third-order valence-corrected chi connectivity index (χ3v) is 7.99. The molecular weight excluding hydrogens is 580 g/mol. The Morgan fingerprint density at radius 2 is 1.20 bits per heavy atom. The van der Waals surface area contributed by atoms with E-state index in [2.05, 4.69) is 0 Å². The number of rotatable bonds is 7. The molecule has 0 radical (unpaired) electrons. The van der Waals surface area contributed by atoms with E-state index in [0.29, 0.717) is 12.0 Å². The number of aromatic hydroxyl groups is 8. The second-order valence-electron chi connectivity index (χ2n) is 11.1. The van der Waals surface area contributed by atoms with Crippen molar-refractivity contribution >= 4 is 17.6 Å². The van der Waals surface area contributed by atoms with Crippen LogP contribution in [0.2, 0.25) is 0 Å². The summed E-state index contributed by atoms with van der Waals surface area (Å²) in [4.78, 5) is 27.0. The normalized spacial score (nSPS) is 18.1. The number of hydrogen-bond acceptors (Lipinski definition) is 10. The highest BCUT2D eigenvalue weighted by Crippen LogP contribution is 2.51. The van der Waals surface area contributed by atoms with Gasteiger partial charge in [0.1, 0.15) is 46.0 Å². The highest BCUT2D eigenvalue weighted by atomic mass is 16.3. The third-order valence-electron chi connectivity index (χ3n) is 7.99. The lowest BCUT2D eigenvalue weighted by atomic mass is 9.65. The number of phenols is 8. The molecule has 0 amide bonds. The van der Waals surface area contributed by atoms with Crippen LogP contribution in [0.3, 0.4) is 0 Å². The van der Waals surface area contributed by atoms with Crippen molar-refractivity contribution in [2.24, 2.45) is 5.92 Å². The second kappa shape index (κ2) is 12.0. The Labute approximate surface area is 257 Å². The molecule has 45 heavy (non-hydrogen) atoms. The molecule has 4 aromatic rings. The van der Waals surface area contributed by atoms with Crippen LogP contribution < -0.4 is 0 Å². The van der Waals surface area contributed by atoms with E-state index < -0.39 is 40.8 Å². The summed E-state index contributed by atoms with van der Waals surface area (Å²) in [7, 11) is 0. The molecule has 0 heterocycles. The molecule has 4 aromatic carbocycles. The van der Waals surface area contributed by atoms with Gasteiger partial charge in [-0.25, -0.2) is 0 Å². The van der Waals surface area contributed by atoms with Crippen LogP contribution in [-0.2, 0) is 0 Å². The number of benzene rings is 4. The van der Waals surface area contributed by atoms with Gasteiger partial charge >= 0.3 is 0 Å². The van der Waals surface area contributed by atoms with Gasteiger partial charge < -0.3 is 40.9 Å². The molecule has 0 saturated heterocycles. The van der Waals surface area contributed by atoms with Crippen LogP contribution in [0.1, 0.15) is 62.6 Å². The lowest BCUT2D eigenvalue weighted by Crippen LogP contribution is -2.31. The molecular formula is C35H30O10. The average molecular weight is 611 g/mol. The summed E-state index contributed by atoms with van der Waals surface area (Å²) >= 11 is 0. The molecule has 0 spiro atoms. The zero-order chi connectivity index (χ0) is 32.6. The van der Waals surface area contributed by atoms with Gasteiger partial charge in [-0.2, -0.15) is 0 Å². The van der Waals surface area contributed by atoms with Gasteiger partial charge in [-0.15, -0.1) is 0 Å². The van der Waals surface area contributed by atoms with Crippen molar-refractivity contribution in [3.05, 3.63) is 112 Å². The maximum atomic E-state index is 14.2. The minimum Gasteiger partial charge on any atom is -0.508 e. The van der Waals surface area contributed by atoms with E-state index in [9.17, 15) is 50.4 Å². The molecule has 1 aliphatic rings. The second-order valence-corrected chi connectivity index (χ2v) is 11.1. The molecule has 0 saturated carbocycles. The van der Waals surface area contributed by atoms with Gasteiger partial charge in [0.2, 0.25) is 0 Å². The van der Waals surface area contributed by atoms with Crippen LogP contribution in [-0.4, -0.2) is 52.4 Å². The van der Waals surface area contributed by atoms with Gasteiger partial charge in [0, 0.05) is 53.1 Å². The number of carbonyl (C=O) groups excluding carboxylic acids is 2. The average Bonchev–Trinajstić information content (AvgIpc) is 2.96. The summed E-state index contributed by atoms with van der Waals surface area (Å²) in [5.74, 6) is -6.36. The van der Waals surface area contributed by atoms with Crippen molar-refractivity contribution in [3.63, 3.8) is 0 Å². The van der Waals surface area contributed by atoms with Crippen molar-refractivity contribution in [1.82, 2.24) is 0 Å². The zero-order valence-electron chi connectivity index (χ0n) is 23.9. The SMILES string of the molecule is CC1=CC(c2cc(C=CC(=O)c3ccc(O)cc3O)c(O)cc2O)C(C(=O)c2ccc(O)cc2O)C(c2ccc(O)cc2O)C1. The molecule has 0 aromatic heterocycles. The van der Waals surface area contributed by atoms with Gasteiger partial charge in [-0.1, -0.05) is 17.7 Å². The Hall–Kier alpha value is -5.90. The fourth-order valence-electron chi connectivity index (χ4n) is 5.88. The van der Waals surface area contributed by atoms with Crippen molar-refractivity contribution in [1.29, 1.82) is 0 Å². The van der Waals surface area contributed by atoms with E-state index in [1.807, 2.05) is 6.92 Å². The van der Waals surface area contributed by atoms with E-state index >= 15 is 0 Å². The van der Waals surface area contributed by atoms with Crippen LogP contribution in [0.4, 0.5) is 0 Å². The molecule has 3 atom stereocenters. The van der Waals surface area contributed by atoms with E-state index in [1.165, 1.54) is 48.5 Å². The van der Waals surface area contributed by atoms with Gasteiger partial charge in [0.05, 0.1) is 11.1 Å². The summed E-state index contributed by atoms with van der Waals surface area (Å²) in [5.41, 5.74) is 1.26. The fourth-order valence-corrected chi connectivity index (χ4v) is 5.88. The van der Waals surface area contributed by atoms with Crippen molar-refractivity contribution in [2.75, 3.05) is 0 Å². The van der Waals surface area contributed by atoms with Gasteiger partial charge in [0.25, 0.3) is 0 Å². The molecule has 5 rings (SSSR count). The standard InChI is InChI=1S/C35H30O10/c1-17-10-26(22-6-3-19(36)13-30(22)41)34(35(45)24-8-5-21(38)15-32(24)43)27(11-17)25-12-18(29(40)16-33(25)44)2-9-28(39)23-7-4-20(37)14-31(23)42/h2-9,11-16,26-27,34,36-38,40-44H,10H2,1H3. The van der Waals surface area contributed by atoms with Crippen molar-refractivity contribution in [3.8, 4) is 46.0 Å². The van der Waals surface area contributed by atoms with Crippen LogP contribution >= 0.6 is 0 Å². The fraction of sp³-hybridized carbons (Fsp3) is 0.143. The summed E-state index contributed by atoms with van der Waals surface area (Å²) < 4.78 is 0. The summed E-state index contributed by atoms with van der Waals surface area (Å²) in [6, 6.07) is 13.6. The zero-order valence-corrected chi connectivity index (χ0v) is 23.9. The molecule has 10 heteroatoms. The Bertz CT molecular complexity index is 1890. The first-order chi connectivity index (χ1) is 21.3. The maximum absolute atomic E-state index is 14.2. The topological polar surface area (TPSA) is 196 Å². The lowest BCUT2D eigenvalue weighted by molar-refractivity contribution is 0.0876. The minimum atomic E-state index is -1.04. The first-order valence-electron chi connectivity index (χ1n) is 13.9. The predicted molar refractivity (Wildman–Crippen MR) is 164 cm³/mol. The van der Waals surface area contributed by atoms with Crippen LogP contribution in [0.15, 0.2) is 84.5 Å². The molecule has 8 N–H and O–H groups in total. The van der Waals surface area contributed by atoms with E-state index in [1.54, 1.807) is 6.08 Å². The lowest BCUT2D eigenvalue weighted by Gasteiger charge is -2.37. The minimum absolute atomic E-state index is 0.0932. The molecule has 0 fully saturated rings. The van der Waals surface area contributed by atoms with Crippen LogP contribution in [0, 0.1) is 5.92 Å². The number of phenolic OH excluding ortho intramolecular Hbond substituents is 8. The van der Waals surface area contributed by atoms with Crippen molar-refractivity contribution in [2.45, 2.75) is 25.2 Å². The number of ketones is 2. The Kier molecular flexibility index (Phi) is 8.15. The quantitative estimate of drug-likeness (QED) is 0.0704. The van der Waals surface area contributed by atoms with Gasteiger partial charge in [-0.05, 0) is 67.5 Å². The number of hydrogen-bond donors (Lipinski definition) is 8. The third kappa shape index (κ3) is 6.12. The van der Waals surface area contributed by atoms with Crippen LogP contribution in [0.25, 0.3) is 6.08 Å². The largest absolute Gasteiger partial charge is 0.508 e.